The molecule has 0 saturated carbocycles. The maximum Gasteiger partial charge on any atom is 0.163 e. The van der Waals surface area contributed by atoms with Gasteiger partial charge >= 0.3 is 0 Å². The predicted molar refractivity (Wildman–Crippen MR) is 66.7 cm³/mol. The minimum absolute atomic E-state index is 0.561. The lowest BCUT2D eigenvalue weighted by Crippen LogP contribution is -2.21. The van der Waals surface area contributed by atoms with Crippen LogP contribution in [-0.4, -0.2) is 23.9 Å². The molecule has 0 radical (unpaired) electrons. The molecule has 2 unspecified atom stereocenters. The summed E-state index contributed by atoms with van der Waals surface area (Å²) in [4.78, 5) is 0. The normalized spacial score (nSPS) is 16.0. The fourth-order valence-electron chi connectivity index (χ4n) is 1.05. The zero-order valence-corrected chi connectivity index (χ0v) is 11.9. The molecule has 3 nitrogen and oxygen atoms in total. The Hall–Kier alpha value is 0.0900. The van der Waals surface area contributed by atoms with Crippen molar-refractivity contribution in [3.05, 3.63) is 34.3 Å². The molecule has 15 heavy (non-hydrogen) atoms. The van der Waals surface area contributed by atoms with Gasteiger partial charge in [-0.1, -0.05) is 44.0 Å². The number of aliphatic hydroxyl groups is 1. The van der Waals surface area contributed by atoms with Gasteiger partial charge in [0.05, 0.1) is 0 Å². The summed E-state index contributed by atoms with van der Waals surface area (Å²) in [5.41, 5.74) is 0.561. The fraction of sp³-hybridized carbons (Fsp3) is 0.333. The van der Waals surface area contributed by atoms with Crippen molar-refractivity contribution < 1.29 is 13.5 Å². The Balaban J connectivity index is 2.95. The molecule has 0 fully saturated rings. The third kappa shape index (κ3) is 3.55. The lowest BCUT2D eigenvalue weighted by Gasteiger charge is -2.15. The number of hydrogen-bond donors (Lipinski definition) is 1. The van der Waals surface area contributed by atoms with Crippen LogP contribution in [0, 0.1) is 0 Å². The van der Waals surface area contributed by atoms with E-state index in [4.69, 9.17) is 0 Å². The van der Waals surface area contributed by atoms with Crippen molar-refractivity contribution in [2.24, 2.45) is 0 Å². The quantitative estimate of drug-likeness (QED) is 0.844. The second kappa shape index (κ2) is 4.95. The van der Waals surface area contributed by atoms with Crippen molar-refractivity contribution in [1.29, 1.82) is 0 Å². The summed E-state index contributed by atoms with van der Waals surface area (Å²) < 4.78 is 22.3. The third-order valence-corrected chi connectivity index (χ3v) is 6.01. The molecule has 1 aromatic carbocycles. The van der Waals surface area contributed by atoms with Crippen LogP contribution < -0.4 is 0 Å². The van der Waals surface area contributed by atoms with Crippen molar-refractivity contribution in [2.75, 3.05) is 6.26 Å². The van der Waals surface area contributed by atoms with E-state index in [1.807, 2.05) is 0 Å². The van der Waals surface area contributed by atoms with Crippen LogP contribution in [0.2, 0.25) is 0 Å². The molecule has 0 aliphatic heterocycles. The summed E-state index contributed by atoms with van der Waals surface area (Å²) in [6, 6.07) is 6.85. The highest BCUT2D eigenvalue weighted by molar-refractivity contribution is 9.11. The molecule has 1 N–H and O–H groups in total. The first-order chi connectivity index (χ1) is 6.82. The molecule has 1 rings (SSSR count). The molecule has 6 heteroatoms. The van der Waals surface area contributed by atoms with E-state index in [0.29, 0.717) is 5.56 Å². The van der Waals surface area contributed by atoms with E-state index in [1.54, 1.807) is 24.3 Å². The first kappa shape index (κ1) is 13.2. The maximum atomic E-state index is 11.2. The van der Waals surface area contributed by atoms with E-state index < -0.39 is 20.1 Å². The Bertz CT molecular complexity index is 427. The minimum Gasteiger partial charge on any atom is -0.386 e. The second-order valence-electron chi connectivity index (χ2n) is 3.18. The predicted octanol–water partition coefficient (Wildman–Crippen LogP) is 2.25. The molecule has 0 saturated heterocycles. The van der Waals surface area contributed by atoms with Gasteiger partial charge in [-0.2, -0.15) is 0 Å². The van der Waals surface area contributed by atoms with Gasteiger partial charge < -0.3 is 5.11 Å². The fourth-order valence-corrected chi connectivity index (χ4v) is 2.24. The molecule has 1 aromatic rings. The number of rotatable bonds is 3. The highest BCUT2D eigenvalue weighted by Gasteiger charge is 2.26. The van der Waals surface area contributed by atoms with Gasteiger partial charge in [0.15, 0.2) is 9.84 Å². The highest BCUT2D eigenvalue weighted by Crippen LogP contribution is 2.27. The van der Waals surface area contributed by atoms with Crippen molar-refractivity contribution >= 4 is 41.7 Å². The Labute approximate surface area is 106 Å². The summed E-state index contributed by atoms with van der Waals surface area (Å²) in [5, 5.41) is 9.77. The third-order valence-electron chi connectivity index (χ3n) is 1.87. The Morgan fingerprint density at radius 2 is 1.73 bits per heavy atom. The van der Waals surface area contributed by atoms with Crippen LogP contribution in [-0.2, 0) is 9.84 Å². The van der Waals surface area contributed by atoms with Crippen molar-refractivity contribution in [3.63, 3.8) is 0 Å². The lowest BCUT2D eigenvalue weighted by atomic mass is 10.1. The number of aliphatic hydroxyl groups excluding tert-OH is 1. The number of alkyl halides is 1. The van der Waals surface area contributed by atoms with E-state index in [1.165, 1.54) is 0 Å². The summed E-state index contributed by atoms with van der Waals surface area (Å²) in [6.45, 7) is 0. The van der Waals surface area contributed by atoms with E-state index in [9.17, 15) is 13.5 Å². The van der Waals surface area contributed by atoms with Gasteiger partial charge in [0.25, 0.3) is 0 Å². The van der Waals surface area contributed by atoms with Gasteiger partial charge in [-0.25, -0.2) is 8.42 Å². The van der Waals surface area contributed by atoms with E-state index in [2.05, 4.69) is 31.9 Å². The summed E-state index contributed by atoms with van der Waals surface area (Å²) in [7, 11) is -3.31. The van der Waals surface area contributed by atoms with Crippen LogP contribution in [0.5, 0.6) is 0 Å². The van der Waals surface area contributed by atoms with Gasteiger partial charge in [0.1, 0.15) is 10.3 Å². The van der Waals surface area contributed by atoms with Gasteiger partial charge in [-0.15, -0.1) is 0 Å². The molecule has 0 amide bonds. The van der Waals surface area contributed by atoms with Gasteiger partial charge in [-0.05, 0) is 17.7 Å². The Morgan fingerprint density at radius 3 is 2.13 bits per heavy atom. The summed E-state index contributed by atoms with van der Waals surface area (Å²) >= 11 is 6.23. The maximum absolute atomic E-state index is 11.2. The van der Waals surface area contributed by atoms with Crippen molar-refractivity contribution in [3.8, 4) is 0 Å². The van der Waals surface area contributed by atoms with Crippen LogP contribution in [0.25, 0.3) is 0 Å². The Morgan fingerprint density at radius 1 is 1.27 bits per heavy atom. The van der Waals surface area contributed by atoms with Crippen LogP contribution in [0.4, 0.5) is 0 Å². The minimum atomic E-state index is -3.31. The van der Waals surface area contributed by atoms with Crippen molar-refractivity contribution in [1.82, 2.24) is 0 Å². The van der Waals surface area contributed by atoms with Crippen molar-refractivity contribution in [2.45, 2.75) is 10.3 Å². The monoisotopic (exact) mass is 356 g/mol. The van der Waals surface area contributed by atoms with Crippen LogP contribution in [0.15, 0.2) is 28.7 Å². The number of hydrogen-bond acceptors (Lipinski definition) is 3. The molecular formula is C9H10Br2O3S. The molecule has 0 heterocycles. The molecule has 2 atom stereocenters. The Kier molecular flexibility index (Phi) is 4.34. The van der Waals surface area contributed by atoms with E-state index in [0.717, 1.165) is 10.7 Å². The molecule has 84 valence electrons. The molecule has 0 spiro atoms. The first-order valence-corrected chi connectivity index (χ1v) is 7.75. The zero-order chi connectivity index (χ0) is 11.6. The smallest absolute Gasteiger partial charge is 0.163 e. The highest BCUT2D eigenvalue weighted by atomic mass is 79.9. The molecule has 0 aliphatic carbocycles. The van der Waals surface area contributed by atoms with Crippen LogP contribution in [0.1, 0.15) is 11.7 Å². The average molecular weight is 358 g/mol. The topological polar surface area (TPSA) is 54.4 Å². The average Bonchev–Trinajstić information content (AvgIpc) is 2.15. The second-order valence-corrected chi connectivity index (χ2v) is 7.85. The van der Waals surface area contributed by atoms with E-state index in [-0.39, 0.29) is 0 Å². The standard InChI is InChI=1S/C9H10Br2O3S/c1-15(13,14)9(11)8(12)6-2-4-7(10)5-3-6/h2-5,8-9,12H,1H3. The SMILES string of the molecule is CS(=O)(=O)C(Br)C(O)c1ccc(Br)cc1. The number of sulfone groups is 1. The van der Waals surface area contributed by atoms with Gasteiger partial charge in [0.2, 0.25) is 0 Å². The molecule has 0 bridgehead atoms. The number of halogens is 2. The molecule has 0 aliphatic rings. The molecular weight excluding hydrogens is 348 g/mol. The van der Waals surface area contributed by atoms with Crippen LogP contribution in [0.3, 0.4) is 0 Å². The molecule has 0 aromatic heterocycles. The van der Waals surface area contributed by atoms with Gasteiger partial charge in [0, 0.05) is 10.7 Å². The lowest BCUT2D eigenvalue weighted by molar-refractivity contribution is 0.195. The number of benzene rings is 1. The van der Waals surface area contributed by atoms with Gasteiger partial charge in [-0.3, -0.25) is 0 Å². The summed E-state index contributed by atoms with van der Waals surface area (Å²) in [5.74, 6) is 0. The summed E-state index contributed by atoms with van der Waals surface area (Å²) in [6.07, 6.45) is 0.0159. The van der Waals surface area contributed by atoms with E-state index >= 15 is 0 Å². The first-order valence-electron chi connectivity index (χ1n) is 4.09. The largest absolute Gasteiger partial charge is 0.386 e. The van der Waals surface area contributed by atoms with Crippen LogP contribution >= 0.6 is 31.9 Å². The zero-order valence-electron chi connectivity index (χ0n) is 7.89.